The highest BCUT2D eigenvalue weighted by Gasteiger charge is 2.38. The van der Waals surface area contributed by atoms with E-state index in [0.717, 1.165) is 32.1 Å². The number of rotatable bonds is 14. The van der Waals surface area contributed by atoms with Crippen LogP contribution in [0.4, 0.5) is 0 Å². The van der Waals surface area contributed by atoms with Crippen LogP contribution < -0.4 is 0 Å². The van der Waals surface area contributed by atoms with Gasteiger partial charge in [-0.15, -0.1) is 6.58 Å². The lowest BCUT2D eigenvalue weighted by atomic mass is 9.79. The number of unbranched alkanes of at least 4 members (excludes halogenated alkanes) is 7. The number of hydrogen-bond acceptors (Lipinski definition) is 5. The number of hydrogen-bond donors (Lipinski definition) is 0. The molecule has 1 aliphatic rings. The molecule has 0 amide bonds. The smallest absolute Gasteiger partial charge is 0.346 e. The van der Waals surface area contributed by atoms with Gasteiger partial charge >= 0.3 is 11.9 Å². The van der Waals surface area contributed by atoms with Crippen molar-refractivity contribution < 1.29 is 24.1 Å². The lowest BCUT2D eigenvalue weighted by Crippen LogP contribution is -2.35. The quantitative estimate of drug-likeness (QED) is 0.0989. The van der Waals surface area contributed by atoms with E-state index in [0.29, 0.717) is 26.1 Å². The molecule has 0 aromatic heterocycles. The highest BCUT2D eigenvalue weighted by atomic mass is 17.2. The minimum atomic E-state index is -0.424. The molecule has 5 heteroatoms. The van der Waals surface area contributed by atoms with E-state index in [9.17, 15) is 9.59 Å². The monoisotopic (exact) mass is 426 g/mol. The molecule has 0 aromatic rings. The zero-order chi connectivity index (χ0) is 22.6. The third-order valence-electron chi connectivity index (χ3n) is 5.04. The van der Waals surface area contributed by atoms with Crippen molar-refractivity contribution in [2.45, 2.75) is 111 Å². The first-order valence-electron chi connectivity index (χ1n) is 12.1. The van der Waals surface area contributed by atoms with E-state index in [1.54, 1.807) is 0 Å². The van der Waals surface area contributed by atoms with E-state index in [1.165, 1.54) is 44.1 Å². The van der Waals surface area contributed by atoms with Gasteiger partial charge in [0.05, 0.1) is 25.0 Å². The summed E-state index contributed by atoms with van der Waals surface area (Å²) < 4.78 is 5.23. The summed E-state index contributed by atoms with van der Waals surface area (Å²) in [6, 6.07) is 0. The van der Waals surface area contributed by atoms with Crippen LogP contribution in [0.2, 0.25) is 0 Å². The molecule has 0 spiro atoms. The van der Waals surface area contributed by atoms with Crippen molar-refractivity contribution in [1.82, 2.24) is 0 Å². The van der Waals surface area contributed by atoms with E-state index in [2.05, 4.69) is 13.5 Å². The lowest BCUT2D eigenvalue weighted by Gasteiger charge is -2.27. The number of ether oxygens (including phenoxy) is 1. The fourth-order valence-corrected chi connectivity index (χ4v) is 3.46. The second-order valence-electron chi connectivity index (χ2n) is 8.57. The molecule has 1 rings (SSSR count). The Kier molecular flexibility index (Phi) is 18.7. The standard InChI is InChI=1S/C21H38O5.C4H8/c1-3-5-6-7-8-9-10-13-17-25-26-21(23)19-15-12-11-14-18(19)20(22)24-16-4-2;1-4(2)3/h18-19H,3-17H2,1-2H3;1H2,2-3H3. The molecule has 0 aliphatic heterocycles. The Bertz CT molecular complexity index is 456. The molecular formula is C25H46O5. The highest BCUT2D eigenvalue weighted by Crippen LogP contribution is 2.32. The van der Waals surface area contributed by atoms with Crippen LogP contribution in [-0.2, 0) is 24.1 Å². The predicted octanol–water partition coefficient (Wildman–Crippen LogP) is 6.94. The fourth-order valence-electron chi connectivity index (χ4n) is 3.46. The van der Waals surface area contributed by atoms with Gasteiger partial charge < -0.3 is 4.74 Å². The molecule has 2 atom stereocenters. The van der Waals surface area contributed by atoms with Crippen molar-refractivity contribution in [3.63, 3.8) is 0 Å². The summed E-state index contributed by atoms with van der Waals surface area (Å²) in [5.41, 5.74) is 1.17. The average Bonchev–Trinajstić information content (AvgIpc) is 2.72. The zero-order valence-corrected chi connectivity index (χ0v) is 20.0. The Morgan fingerprint density at radius 3 is 1.80 bits per heavy atom. The lowest BCUT2D eigenvalue weighted by molar-refractivity contribution is -0.278. The molecular weight excluding hydrogens is 380 g/mol. The van der Waals surface area contributed by atoms with Crippen LogP contribution in [0.25, 0.3) is 0 Å². The van der Waals surface area contributed by atoms with E-state index in [1.807, 2.05) is 20.8 Å². The summed E-state index contributed by atoms with van der Waals surface area (Å²) in [6.45, 7) is 12.5. The maximum atomic E-state index is 12.3. The molecule has 1 aliphatic carbocycles. The summed E-state index contributed by atoms with van der Waals surface area (Å²) in [6.07, 6.45) is 13.7. The van der Waals surface area contributed by atoms with Crippen LogP contribution in [0.1, 0.15) is 111 Å². The molecule has 0 aromatic carbocycles. The second kappa shape index (κ2) is 19.6. The zero-order valence-electron chi connectivity index (χ0n) is 20.0. The fraction of sp³-hybridized carbons (Fsp3) is 0.840. The minimum absolute atomic E-state index is 0.267. The predicted molar refractivity (Wildman–Crippen MR) is 122 cm³/mol. The SMILES string of the molecule is C=C(C)C.CCCCCCCCCCOOC(=O)C1CCCCC1C(=O)OCCC. The molecule has 30 heavy (non-hydrogen) atoms. The van der Waals surface area contributed by atoms with Gasteiger partial charge in [-0.1, -0.05) is 77.2 Å². The van der Waals surface area contributed by atoms with Crippen LogP contribution >= 0.6 is 0 Å². The first kappa shape index (κ1) is 28.6. The van der Waals surface area contributed by atoms with Gasteiger partial charge in [0.2, 0.25) is 0 Å². The van der Waals surface area contributed by atoms with Gasteiger partial charge in [0.15, 0.2) is 0 Å². The van der Waals surface area contributed by atoms with Gasteiger partial charge in [-0.05, 0) is 39.5 Å². The molecule has 1 saturated carbocycles. The summed E-state index contributed by atoms with van der Waals surface area (Å²) in [4.78, 5) is 34.5. The molecule has 0 N–H and O–H groups in total. The summed E-state index contributed by atoms with van der Waals surface area (Å²) in [5.74, 6) is -1.49. The first-order chi connectivity index (χ1) is 14.4. The maximum absolute atomic E-state index is 12.3. The molecule has 5 nitrogen and oxygen atoms in total. The normalized spacial score (nSPS) is 18.1. The largest absolute Gasteiger partial charge is 0.465 e. The molecule has 176 valence electrons. The van der Waals surface area contributed by atoms with Gasteiger partial charge in [0.25, 0.3) is 0 Å². The molecule has 0 radical (unpaired) electrons. The van der Waals surface area contributed by atoms with Crippen molar-refractivity contribution in [2.24, 2.45) is 11.8 Å². The minimum Gasteiger partial charge on any atom is -0.465 e. The van der Waals surface area contributed by atoms with Crippen molar-refractivity contribution in [3.8, 4) is 0 Å². The Balaban J connectivity index is 0.00000192. The Hall–Kier alpha value is -1.36. The summed E-state index contributed by atoms with van der Waals surface area (Å²) >= 11 is 0. The van der Waals surface area contributed by atoms with Crippen LogP contribution in [0.3, 0.4) is 0 Å². The third kappa shape index (κ3) is 15.5. The van der Waals surface area contributed by atoms with Crippen molar-refractivity contribution in [2.75, 3.05) is 13.2 Å². The third-order valence-corrected chi connectivity index (χ3v) is 5.04. The van der Waals surface area contributed by atoms with Gasteiger partial charge in [-0.25, -0.2) is 4.79 Å². The first-order valence-corrected chi connectivity index (χ1v) is 12.1. The van der Waals surface area contributed by atoms with Crippen LogP contribution in [0.5, 0.6) is 0 Å². The molecule has 2 unspecified atom stereocenters. The van der Waals surface area contributed by atoms with E-state index in [-0.39, 0.29) is 11.9 Å². The molecule has 1 fully saturated rings. The van der Waals surface area contributed by atoms with Crippen molar-refractivity contribution in [1.29, 1.82) is 0 Å². The summed E-state index contributed by atoms with van der Waals surface area (Å²) in [5, 5.41) is 0. The number of esters is 1. The van der Waals surface area contributed by atoms with Crippen LogP contribution in [0, 0.1) is 11.8 Å². The Morgan fingerprint density at radius 2 is 1.27 bits per heavy atom. The number of carbonyl (C=O) groups is 2. The van der Waals surface area contributed by atoms with E-state index < -0.39 is 11.9 Å². The average molecular weight is 427 g/mol. The number of carbonyl (C=O) groups excluding carboxylic acids is 2. The maximum Gasteiger partial charge on any atom is 0.346 e. The van der Waals surface area contributed by atoms with Gasteiger partial charge in [-0.3, -0.25) is 9.68 Å². The van der Waals surface area contributed by atoms with E-state index in [4.69, 9.17) is 14.5 Å². The van der Waals surface area contributed by atoms with Gasteiger partial charge in [0.1, 0.15) is 0 Å². The van der Waals surface area contributed by atoms with Crippen molar-refractivity contribution in [3.05, 3.63) is 12.2 Å². The van der Waals surface area contributed by atoms with Crippen LogP contribution in [0.15, 0.2) is 12.2 Å². The van der Waals surface area contributed by atoms with Gasteiger partial charge in [-0.2, -0.15) is 4.89 Å². The van der Waals surface area contributed by atoms with Gasteiger partial charge in [0, 0.05) is 0 Å². The second-order valence-corrected chi connectivity index (χ2v) is 8.57. The molecule has 0 saturated heterocycles. The number of allylic oxidation sites excluding steroid dienone is 1. The van der Waals surface area contributed by atoms with Crippen molar-refractivity contribution >= 4 is 11.9 Å². The van der Waals surface area contributed by atoms with E-state index >= 15 is 0 Å². The van der Waals surface area contributed by atoms with Crippen LogP contribution in [-0.4, -0.2) is 25.2 Å². The Morgan fingerprint density at radius 1 is 0.767 bits per heavy atom. The summed E-state index contributed by atoms with van der Waals surface area (Å²) in [7, 11) is 0. The highest BCUT2D eigenvalue weighted by molar-refractivity contribution is 5.82. The Labute approximate surface area is 184 Å². The topological polar surface area (TPSA) is 61.8 Å². The molecule has 0 heterocycles. The molecule has 0 bridgehead atoms.